The molecule has 3 aromatic heterocycles. The second-order valence-electron chi connectivity index (χ2n) is 7.58. The number of aromatic nitrogens is 3. The van der Waals surface area contributed by atoms with Crippen LogP contribution in [0.1, 0.15) is 5.89 Å². The van der Waals surface area contributed by atoms with Gasteiger partial charge in [-0.1, -0.05) is 0 Å². The Bertz CT molecular complexity index is 1320. The molecule has 0 atom stereocenters. The van der Waals surface area contributed by atoms with Crippen molar-refractivity contribution in [1.82, 2.24) is 24.2 Å². The number of H-pyrrole nitrogens is 1. The fourth-order valence-electron chi connectivity index (χ4n) is 3.87. The molecule has 1 saturated heterocycles. The molecule has 1 fully saturated rings. The summed E-state index contributed by atoms with van der Waals surface area (Å²) in [6, 6.07) is 11.1. The van der Waals surface area contributed by atoms with Crippen molar-refractivity contribution in [1.29, 1.82) is 0 Å². The van der Waals surface area contributed by atoms with E-state index in [4.69, 9.17) is 9.15 Å². The number of sulfonamides is 1. The van der Waals surface area contributed by atoms with Crippen LogP contribution in [0.2, 0.25) is 0 Å². The number of pyridine rings is 1. The Morgan fingerprint density at radius 1 is 1.09 bits per heavy atom. The van der Waals surface area contributed by atoms with Crippen molar-refractivity contribution in [3.8, 4) is 17.1 Å². The Kier molecular flexibility index (Phi) is 5.41. The van der Waals surface area contributed by atoms with Crippen molar-refractivity contribution in [2.75, 3.05) is 33.3 Å². The number of nitrogens with zero attached hydrogens (tertiary/aromatic N) is 4. The Morgan fingerprint density at radius 2 is 1.88 bits per heavy atom. The van der Waals surface area contributed by atoms with Crippen LogP contribution < -0.4 is 4.74 Å². The van der Waals surface area contributed by atoms with Crippen LogP contribution in [0.5, 0.6) is 5.75 Å². The molecule has 0 aliphatic carbocycles. The molecule has 0 amide bonds. The summed E-state index contributed by atoms with van der Waals surface area (Å²) in [7, 11) is -1.96. The zero-order chi connectivity index (χ0) is 22.1. The summed E-state index contributed by atoms with van der Waals surface area (Å²) in [6.07, 6.45) is 4.87. The topological polar surface area (TPSA) is 105 Å². The van der Waals surface area contributed by atoms with Crippen LogP contribution >= 0.6 is 0 Å². The molecule has 0 radical (unpaired) electrons. The van der Waals surface area contributed by atoms with E-state index in [0.717, 1.165) is 11.3 Å². The van der Waals surface area contributed by atoms with Crippen LogP contribution in [0.4, 0.5) is 0 Å². The van der Waals surface area contributed by atoms with Crippen molar-refractivity contribution in [2.24, 2.45) is 0 Å². The summed E-state index contributed by atoms with van der Waals surface area (Å²) >= 11 is 0. The van der Waals surface area contributed by atoms with Gasteiger partial charge >= 0.3 is 0 Å². The summed E-state index contributed by atoms with van der Waals surface area (Å²) < 4.78 is 38.9. The lowest BCUT2D eigenvalue weighted by Crippen LogP contribution is -2.48. The van der Waals surface area contributed by atoms with E-state index in [1.807, 2.05) is 24.3 Å². The number of nitrogens with one attached hydrogen (secondary N) is 1. The molecule has 4 heterocycles. The van der Waals surface area contributed by atoms with Crippen LogP contribution in [-0.4, -0.2) is 65.9 Å². The van der Waals surface area contributed by atoms with Crippen LogP contribution in [0.3, 0.4) is 0 Å². The number of rotatable bonds is 6. The van der Waals surface area contributed by atoms with Crippen molar-refractivity contribution in [3.63, 3.8) is 0 Å². The van der Waals surface area contributed by atoms with Crippen LogP contribution in [0.25, 0.3) is 22.4 Å². The van der Waals surface area contributed by atoms with E-state index in [9.17, 15) is 8.42 Å². The van der Waals surface area contributed by atoms with Crippen molar-refractivity contribution in [2.45, 2.75) is 11.4 Å². The van der Waals surface area contributed by atoms with Gasteiger partial charge in [0.2, 0.25) is 15.9 Å². The number of hydrogen-bond donors (Lipinski definition) is 1. The summed E-state index contributed by atoms with van der Waals surface area (Å²) in [5, 5.41) is 0.612. The summed E-state index contributed by atoms with van der Waals surface area (Å²) in [6.45, 7) is 2.53. The van der Waals surface area contributed by atoms with Gasteiger partial charge in [-0.15, -0.1) is 0 Å². The lowest BCUT2D eigenvalue weighted by molar-refractivity contribution is 0.169. The summed E-state index contributed by atoms with van der Waals surface area (Å²) in [4.78, 5) is 13.9. The SMILES string of the molecule is COc1ccc(-c2cnc(CN3CCN(S(=O)(=O)c4c[nH]c5ncccc45)CC3)o2)cc1. The molecule has 4 aromatic rings. The van der Waals surface area contributed by atoms with Gasteiger partial charge in [-0.3, -0.25) is 4.90 Å². The van der Waals surface area contributed by atoms with E-state index in [1.54, 1.807) is 31.6 Å². The first-order valence-electron chi connectivity index (χ1n) is 10.3. The predicted octanol–water partition coefficient (Wildman–Crippen LogP) is 2.73. The minimum atomic E-state index is -3.59. The van der Waals surface area contributed by atoms with Crippen molar-refractivity contribution < 1.29 is 17.6 Å². The Labute approximate surface area is 185 Å². The highest BCUT2D eigenvalue weighted by atomic mass is 32.2. The fraction of sp³-hybridized carbons (Fsp3) is 0.273. The average Bonchev–Trinajstić information content (AvgIpc) is 3.47. The molecule has 32 heavy (non-hydrogen) atoms. The summed E-state index contributed by atoms with van der Waals surface area (Å²) in [5.41, 5.74) is 1.50. The number of hydrogen-bond acceptors (Lipinski definition) is 7. The van der Waals surface area contributed by atoms with Gasteiger partial charge in [0.1, 0.15) is 16.3 Å². The number of methoxy groups -OCH3 is 1. The molecule has 1 aromatic carbocycles. The minimum Gasteiger partial charge on any atom is -0.497 e. The molecule has 0 saturated carbocycles. The van der Waals surface area contributed by atoms with Gasteiger partial charge in [0.05, 0.1) is 19.9 Å². The zero-order valence-electron chi connectivity index (χ0n) is 17.6. The number of aromatic amines is 1. The Morgan fingerprint density at radius 3 is 2.62 bits per heavy atom. The number of benzene rings is 1. The minimum absolute atomic E-state index is 0.269. The number of piperazine rings is 1. The first kappa shape index (κ1) is 20.7. The maximum absolute atomic E-state index is 13.2. The van der Waals surface area contributed by atoms with Gasteiger partial charge in [-0.25, -0.2) is 18.4 Å². The Balaban J connectivity index is 1.23. The second-order valence-corrected chi connectivity index (χ2v) is 9.49. The molecule has 5 rings (SSSR count). The lowest BCUT2D eigenvalue weighted by Gasteiger charge is -2.33. The van der Waals surface area contributed by atoms with E-state index in [2.05, 4.69) is 19.9 Å². The van der Waals surface area contributed by atoms with E-state index in [-0.39, 0.29) is 4.90 Å². The van der Waals surface area contributed by atoms with E-state index in [0.29, 0.717) is 55.4 Å². The van der Waals surface area contributed by atoms with Crippen LogP contribution in [0.15, 0.2) is 64.3 Å². The standard InChI is InChI=1S/C22H23N5O4S/c1-30-17-6-4-16(5-7-17)19-13-24-21(31-19)15-26-9-11-27(12-10-26)32(28,29)20-14-25-22-18(20)3-2-8-23-22/h2-8,13-14H,9-12,15H2,1H3,(H,23,25). The molecule has 9 nitrogen and oxygen atoms in total. The van der Waals surface area contributed by atoms with Gasteiger partial charge in [0, 0.05) is 49.5 Å². The second kappa shape index (κ2) is 8.38. The molecule has 0 bridgehead atoms. The van der Waals surface area contributed by atoms with Gasteiger partial charge in [-0.05, 0) is 36.4 Å². The van der Waals surface area contributed by atoms with Crippen LogP contribution in [0, 0.1) is 0 Å². The van der Waals surface area contributed by atoms with Gasteiger partial charge in [-0.2, -0.15) is 4.31 Å². The predicted molar refractivity (Wildman–Crippen MR) is 119 cm³/mol. The highest BCUT2D eigenvalue weighted by Gasteiger charge is 2.31. The number of fused-ring (bicyclic) bond motifs is 1. The fourth-order valence-corrected chi connectivity index (χ4v) is 5.45. The third-order valence-electron chi connectivity index (χ3n) is 5.65. The molecule has 0 unspecified atom stereocenters. The largest absolute Gasteiger partial charge is 0.497 e. The maximum atomic E-state index is 13.2. The first-order chi connectivity index (χ1) is 15.5. The molecular formula is C22H23N5O4S. The quantitative estimate of drug-likeness (QED) is 0.479. The highest BCUT2D eigenvalue weighted by Crippen LogP contribution is 2.26. The van der Waals surface area contributed by atoms with Crippen molar-refractivity contribution >= 4 is 21.1 Å². The van der Waals surface area contributed by atoms with Gasteiger partial charge in [0.25, 0.3) is 0 Å². The monoisotopic (exact) mass is 453 g/mol. The van der Waals surface area contributed by atoms with Crippen molar-refractivity contribution in [3.05, 3.63) is 60.9 Å². The maximum Gasteiger partial charge on any atom is 0.245 e. The molecule has 1 N–H and O–H groups in total. The van der Waals surface area contributed by atoms with Gasteiger partial charge < -0.3 is 14.1 Å². The normalized spacial score (nSPS) is 15.9. The van der Waals surface area contributed by atoms with E-state index >= 15 is 0 Å². The van der Waals surface area contributed by atoms with E-state index in [1.165, 1.54) is 10.5 Å². The van der Waals surface area contributed by atoms with E-state index < -0.39 is 10.0 Å². The third kappa shape index (κ3) is 3.88. The number of ether oxygens (including phenoxy) is 1. The molecular weight excluding hydrogens is 430 g/mol. The zero-order valence-corrected chi connectivity index (χ0v) is 18.4. The molecule has 166 valence electrons. The molecule has 1 aliphatic rings. The van der Waals surface area contributed by atoms with Crippen LogP contribution in [-0.2, 0) is 16.6 Å². The first-order valence-corrected chi connectivity index (χ1v) is 11.7. The summed E-state index contributed by atoms with van der Waals surface area (Å²) in [5.74, 6) is 2.08. The highest BCUT2D eigenvalue weighted by molar-refractivity contribution is 7.89. The third-order valence-corrected chi connectivity index (χ3v) is 7.59. The number of oxazole rings is 1. The molecule has 10 heteroatoms. The molecule has 1 aliphatic heterocycles. The lowest BCUT2D eigenvalue weighted by atomic mass is 10.2. The Hall–Kier alpha value is -3.21. The van der Waals surface area contributed by atoms with Gasteiger partial charge in [0.15, 0.2) is 5.76 Å². The average molecular weight is 454 g/mol. The smallest absolute Gasteiger partial charge is 0.245 e. The molecule has 0 spiro atoms.